The highest BCUT2D eigenvalue weighted by Crippen LogP contribution is 2.17. The number of rotatable bonds is 2. The van der Waals surface area contributed by atoms with Crippen molar-refractivity contribution in [2.75, 3.05) is 0 Å². The van der Waals surface area contributed by atoms with E-state index in [0.29, 0.717) is 16.9 Å². The molecule has 0 aliphatic carbocycles. The average molecular weight is 289 g/mol. The normalized spacial score (nSPS) is 10.9. The second kappa shape index (κ2) is 4.92. The zero-order valence-corrected chi connectivity index (χ0v) is 11.5. The summed E-state index contributed by atoms with van der Waals surface area (Å²) in [5.41, 5.74) is 2.22. The standard InChI is InChI=1S/C16H11N5O/c22-16-13(9-11-5-4-8-17-15(11)18-16)14-10-21(20-19-14)12-6-2-1-3-7-12/h1-10H,(H,17,18,22). The van der Waals surface area contributed by atoms with Gasteiger partial charge in [0.05, 0.1) is 17.4 Å². The van der Waals surface area contributed by atoms with Crippen molar-refractivity contribution in [2.45, 2.75) is 0 Å². The van der Waals surface area contributed by atoms with Crippen LogP contribution in [0.3, 0.4) is 0 Å². The van der Waals surface area contributed by atoms with Gasteiger partial charge in [0.2, 0.25) is 0 Å². The highest BCUT2D eigenvalue weighted by atomic mass is 16.1. The number of H-pyrrole nitrogens is 1. The Morgan fingerprint density at radius 3 is 2.77 bits per heavy atom. The third-order valence-electron chi connectivity index (χ3n) is 3.41. The smallest absolute Gasteiger partial charge is 0.259 e. The van der Waals surface area contributed by atoms with Crippen LogP contribution >= 0.6 is 0 Å². The lowest BCUT2D eigenvalue weighted by atomic mass is 10.1. The molecular formula is C16H11N5O. The van der Waals surface area contributed by atoms with Crippen LogP contribution in [0.4, 0.5) is 0 Å². The zero-order valence-electron chi connectivity index (χ0n) is 11.5. The van der Waals surface area contributed by atoms with E-state index in [1.54, 1.807) is 23.1 Å². The molecule has 0 radical (unpaired) electrons. The number of benzene rings is 1. The molecule has 6 heteroatoms. The van der Waals surface area contributed by atoms with E-state index in [9.17, 15) is 4.79 Å². The van der Waals surface area contributed by atoms with Gasteiger partial charge in [0.15, 0.2) is 0 Å². The van der Waals surface area contributed by atoms with Gasteiger partial charge in [0.1, 0.15) is 11.3 Å². The number of hydrogen-bond acceptors (Lipinski definition) is 4. The minimum atomic E-state index is -0.230. The SMILES string of the molecule is O=c1[nH]c2ncccc2cc1-c1cn(-c2ccccc2)nn1. The summed E-state index contributed by atoms with van der Waals surface area (Å²) in [7, 11) is 0. The molecular weight excluding hydrogens is 278 g/mol. The second-order valence-electron chi connectivity index (χ2n) is 4.84. The number of nitrogens with one attached hydrogen (secondary N) is 1. The van der Waals surface area contributed by atoms with E-state index in [1.807, 2.05) is 42.5 Å². The molecule has 1 N–H and O–H groups in total. The van der Waals surface area contributed by atoms with Gasteiger partial charge in [-0.1, -0.05) is 23.4 Å². The number of aromatic nitrogens is 5. The summed E-state index contributed by atoms with van der Waals surface area (Å²) in [6.45, 7) is 0. The van der Waals surface area contributed by atoms with Crippen LogP contribution in [0.5, 0.6) is 0 Å². The fraction of sp³-hybridized carbons (Fsp3) is 0. The molecule has 0 fully saturated rings. The van der Waals surface area contributed by atoms with Crippen LogP contribution in [-0.4, -0.2) is 25.0 Å². The Bertz CT molecular complexity index is 1000. The minimum Gasteiger partial charge on any atom is -0.306 e. The summed E-state index contributed by atoms with van der Waals surface area (Å²) in [5.74, 6) is 0. The van der Waals surface area contributed by atoms with Crippen molar-refractivity contribution in [3.05, 3.63) is 71.3 Å². The first-order valence-electron chi connectivity index (χ1n) is 6.77. The van der Waals surface area contributed by atoms with Crippen LogP contribution in [-0.2, 0) is 0 Å². The topological polar surface area (TPSA) is 76.5 Å². The summed E-state index contributed by atoms with van der Waals surface area (Å²) in [6.07, 6.45) is 3.38. The summed E-state index contributed by atoms with van der Waals surface area (Å²) in [6, 6.07) is 15.1. The Balaban J connectivity index is 1.84. The Kier molecular flexibility index (Phi) is 2.79. The molecule has 1 aromatic carbocycles. The lowest BCUT2D eigenvalue weighted by Gasteiger charge is -1.99. The van der Waals surface area contributed by atoms with Crippen molar-refractivity contribution in [2.24, 2.45) is 0 Å². The van der Waals surface area contributed by atoms with Gasteiger partial charge >= 0.3 is 0 Å². The molecule has 4 rings (SSSR count). The molecule has 0 amide bonds. The van der Waals surface area contributed by atoms with Gasteiger partial charge in [-0.3, -0.25) is 4.79 Å². The Hall–Kier alpha value is -3.28. The summed E-state index contributed by atoms with van der Waals surface area (Å²) < 4.78 is 1.64. The van der Waals surface area contributed by atoms with E-state index in [2.05, 4.69) is 20.3 Å². The van der Waals surface area contributed by atoms with E-state index < -0.39 is 0 Å². The van der Waals surface area contributed by atoms with E-state index in [0.717, 1.165) is 11.1 Å². The molecule has 22 heavy (non-hydrogen) atoms. The van der Waals surface area contributed by atoms with Crippen LogP contribution in [0.15, 0.2) is 65.7 Å². The fourth-order valence-corrected chi connectivity index (χ4v) is 2.32. The summed E-state index contributed by atoms with van der Waals surface area (Å²) in [4.78, 5) is 19.1. The van der Waals surface area contributed by atoms with Crippen LogP contribution in [0.25, 0.3) is 28.0 Å². The summed E-state index contributed by atoms with van der Waals surface area (Å²) >= 11 is 0. The maximum atomic E-state index is 12.2. The number of pyridine rings is 2. The molecule has 3 aromatic heterocycles. The van der Waals surface area contributed by atoms with Crippen LogP contribution in [0.2, 0.25) is 0 Å². The minimum absolute atomic E-state index is 0.230. The zero-order chi connectivity index (χ0) is 14.9. The van der Waals surface area contributed by atoms with Crippen molar-refractivity contribution >= 4 is 11.0 Å². The van der Waals surface area contributed by atoms with Crippen molar-refractivity contribution in [1.29, 1.82) is 0 Å². The molecule has 0 spiro atoms. The fourth-order valence-electron chi connectivity index (χ4n) is 2.32. The molecule has 0 bridgehead atoms. The van der Waals surface area contributed by atoms with Crippen LogP contribution in [0, 0.1) is 0 Å². The Morgan fingerprint density at radius 1 is 1.05 bits per heavy atom. The largest absolute Gasteiger partial charge is 0.306 e. The Labute approximate surface area is 125 Å². The van der Waals surface area contributed by atoms with E-state index >= 15 is 0 Å². The maximum absolute atomic E-state index is 12.2. The van der Waals surface area contributed by atoms with Gasteiger partial charge in [0, 0.05) is 11.6 Å². The van der Waals surface area contributed by atoms with Gasteiger partial charge in [-0.25, -0.2) is 9.67 Å². The van der Waals surface area contributed by atoms with Gasteiger partial charge in [-0.15, -0.1) is 5.10 Å². The quantitative estimate of drug-likeness (QED) is 0.613. The molecule has 106 valence electrons. The van der Waals surface area contributed by atoms with E-state index in [4.69, 9.17) is 0 Å². The number of nitrogens with zero attached hydrogens (tertiary/aromatic N) is 4. The lowest BCUT2D eigenvalue weighted by molar-refractivity contribution is 0.804. The molecule has 0 atom stereocenters. The highest BCUT2D eigenvalue weighted by Gasteiger charge is 2.10. The van der Waals surface area contributed by atoms with Crippen molar-refractivity contribution in [1.82, 2.24) is 25.0 Å². The molecule has 0 saturated heterocycles. The lowest BCUT2D eigenvalue weighted by Crippen LogP contribution is -2.09. The number of hydrogen-bond donors (Lipinski definition) is 1. The second-order valence-corrected chi connectivity index (χ2v) is 4.84. The maximum Gasteiger partial charge on any atom is 0.259 e. The van der Waals surface area contributed by atoms with Gasteiger partial charge in [0.25, 0.3) is 5.56 Å². The van der Waals surface area contributed by atoms with E-state index in [-0.39, 0.29) is 5.56 Å². The molecule has 0 aliphatic heterocycles. The highest BCUT2D eigenvalue weighted by molar-refractivity contribution is 5.79. The molecule has 3 heterocycles. The third kappa shape index (κ3) is 2.07. The van der Waals surface area contributed by atoms with Gasteiger partial charge < -0.3 is 4.98 Å². The van der Waals surface area contributed by atoms with Crippen molar-refractivity contribution < 1.29 is 0 Å². The third-order valence-corrected chi connectivity index (χ3v) is 3.41. The van der Waals surface area contributed by atoms with Gasteiger partial charge in [-0.05, 0) is 30.3 Å². The molecule has 6 nitrogen and oxygen atoms in total. The number of para-hydroxylation sites is 1. The first-order valence-corrected chi connectivity index (χ1v) is 6.77. The van der Waals surface area contributed by atoms with Crippen molar-refractivity contribution in [3.8, 4) is 16.9 Å². The molecule has 0 unspecified atom stereocenters. The van der Waals surface area contributed by atoms with Crippen LogP contribution in [0.1, 0.15) is 0 Å². The monoisotopic (exact) mass is 289 g/mol. The summed E-state index contributed by atoms with van der Waals surface area (Å²) in [5, 5.41) is 9.04. The molecule has 0 saturated carbocycles. The average Bonchev–Trinajstić information content (AvgIpc) is 3.05. The first kappa shape index (κ1) is 12.5. The van der Waals surface area contributed by atoms with E-state index in [1.165, 1.54) is 0 Å². The van der Waals surface area contributed by atoms with Crippen LogP contribution < -0.4 is 5.56 Å². The van der Waals surface area contributed by atoms with Crippen molar-refractivity contribution in [3.63, 3.8) is 0 Å². The molecule has 0 aliphatic rings. The first-order chi connectivity index (χ1) is 10.8. The van der Waals surface area contributed by atoms with Gasteiger partial charge in [-0.2, -0.15) is 0 Å². The molecule has 4 aromatic rings. The predicted octanol–water partition coefficient (Wildman–Crippen LogP) is 2.17. The number of aromatic amines is 1. The Morgan fingerprint density at radius 2 is 1.91 bits per heavy atom. The predicted molar refractivity (Wildman–Crippen MR) is 82.7 cm³/mol. The number of fused-ring (bicyclic) bond motifs is 1.